The Bertz CT molecular complexity index is 3890. The van der Waals surface area contributed by atoms with E-state index in [1.165, 1.54) is 26.9 Å². The van der Waals surface area contributed by atoms with E-state index in [4.69, 9.17) is 19.4 Å². The van der Waals surface area contributed by atoms with E-state index in [0.717, 1.165) is 82.6 Å². The molecule has 10 aromatic carbocycles. The summed E-state index contributed by atoms with van der Waals surface area (Å²) in [7, 11) is 0. The second-order valence-electron chi connectivity index (χ2n) is 15.9. The third-order valence-electron chi connectivity index (χ3n) is 12.4. The molecule has 5 nitrogen and oxygen atoms in total. The van der Waals surface area contributed by atoms with E-state index in [1.807, 2.05) is 24.3 Å². The predicted octanol–water partition coefficient (Wildman–Crippen LogP) is 15.0. The Balaban J connectivity index is 1.07. The van der Waals surface area contributed by atoms with Crippen LogP contribution in [0.25, 0.3) is 127 Å². The van der Waals surface area contributed by atoms with Gasteiger partial charge in [-0.05, 0) is 68.2 Å². The molecule has 5 heteroatoms. The van der Waals surface area contributed by atoms with Gasteiger partial charge in [0.05, 0.1) is 16.7 Å². The van der Waals surface area contributed by atoms with Crippen molar-refractivity contribution in [3.8, 4) is 51.0 Å². The van der Waals surface area contributed by atoms with Gasteiger partial charge in [0.15, 0.2) is 23.1 Å². The van der Waals surface area contributed by atoms with Crippen LogP contribution in [0, 0.1) is 0 Å². The van der Waals surface area contributed by atoms with Gasteiger partial charge in [0.1, 0.15) is 5.58 Å². The van der Waals surface area contributed by atoms with Crippen molar-refractivity contribution in [1.29, 1.82) is 0 Å². The van der Waals surface area contributed by atoms with Gasteiger partial charge < -0.3 is 8.98 Å². The van der Waals surface area contributed by atoms with E-state index < -0.39 is 0 Å². The molecule has 0 radical (unpaired) electrons. The van der Waals surface area contributed by atoms with Gasteiger partial charge in [-0.3, -0.25) is 0 Å². The Labute approximate surface area is 355 Å². The zero-order valence-corrected chi connectivity index (χ0v) is 33.3. The fourth-order valence-corrected chi connectivity index (χ4v) is 9.65. The number of para-hydroxylation sites is 3. The lowest BCUT2D eigenvalue weighted by Crippen LogP contribution is -2.03. The SMILES string of the molecule is c1ccc(-c2nc(-c3ccc4c5ccccc5c5ccccc5c4c3)nc(-c3ccccc3-n3c4ccccc4c4ccc5c6cccc(-c7ccccc7)c6oc5c43)n2)cc1. The highest BCUT2D eigenvalue weighted by molar-refractivity contribution is 6.26. The number of hydrogen-bond donors (Lipinski definition) is 0. The average Bonchev–Trinajstić information content (AvgIpc) is 3.90. The first-order chi connectivity index (χ1) is 30.8. The predicted molar refractivity (Wildman–Crippen MR) is 256 cm³/mol. The van der Waals surface area contributed by atoms with Gasteiger partial charge in [-0.15, -0.1) is 0 Å². The molecule has 0 aliphatic heterocycles. The lowest BCUT2D eigenvalue weighted by Gasteiger charge is -2.15. The van der Waals surface area contributed by atoms with Crippen molar-refractivity contribution in [3.63, 3.8) is 0 Å². The highest BCUT2D eigenvalue weighted by Crippen LogP contribution is 2.44. The summed E-state index contributed by atoms with van der Waals surface area (Å²) in [5.74, 6) is 1.80. The minimum atomic E-state index is 0.585. The summed E-state index contributed by atoms with van der Waals surface area (Å²) < 4.78 is 9.41. The first kappa shape index (κ1) is 34.5. The number of furan rings is 1. The number of benzene rings is 10. The summed E-state index contributed by atoms with van der Waals surface area (Å²) >= 11 is 0. The average molecular weight is 791 g/mol. The Morgan fingerprint density at radius 2 is 0.806 bits per heavy atom. The first-order valence-electron chi connectivity index (χ1n) is 20.9. The van der Waals surface area contributed by atoms with Crippen molar-refractivity contribution in [2.75, 3.05) is 0 Å². The third-order valence-corrected chi connectivity index (χ3v) is 12.4. The van der Waals surface area contributed by atoms with Crippen LogP contribution < -0.4 is 0 Å². The number of rotatable bonds is 5. The highest BCUT2D eigenvalue weighted by atomic mass is 16.3. The largest absolute Gasteiger partial charge is 0.453 e. The Hall–Kier alpha value is -8.41. The van der Waals surface area contributed by atoms with Crippen LogP contribution in [0.15, 0.2) is 211 Å². The number of aromatic nitrogens is 4. The Morgan fingerprint density at radius 1 is 0.306 bits per heavy atom. The summed E-state index contributed by atoms with van der Waals surface area (Å²) in [5, 5.41) is 11.7. The molecule has 3 aromatic heterocycles. The van der Waals surface area contributed by atoms with Crippen molar-refractivity contribution >= 4 is 76.1 Å². The van der Waals surface area contributed by atoms with Crippen molar-refractivity contribution in [2.45, 2.75) is 0 Å². The van der Waals surface area contributed by atoms with Gasteiger partial charge in [-0.2, -0.15) is 0 Å². The summed E-state index contributed by atoms with van der Waals surface area (Å²) in [4.78, 5) is 15.8. The molecule has 0 fully saturated rings. The van der Waals surface area contributed by atoms with Crippen LogP contribution in [0.3, 0.4) is 0 Å². The normalized spacial score (nSPS) is 11.9. The van der Waals surface area contributed by atoms with E-state index in [2.05, 4.69) is 187 Å². The number of fused-ring (bicyclic) bond motifs is 13. The van der Waals surface area contributed by atoms with E-state index in [1.54, 1.807) is 0 Å². The van der Waals surface area contributed by atoms with E-state index >= 15 is 0 Å². The molecule has 0 spiro atoms. The third kappa shape index (κ3) is 5.18. The van der Waals surface area contributed by atoms with Crippen LogP contribution in [0.1, 0.15) is 0 Å². The molecule has 0 N–H and O–H groups in total. The summed E-state index contributed by atoms with van der Waals surface area (Å²) in [6, 6.07) is 72.5. The van der Waals surface area contributed by atoms with Crippen LogP contribution in [-0.4, -0.2) is 19.5 Å². The molecule has 13 aromatic rings. The minimum absolute atomic E-state index is 0.585. The van der Waals surface area contributed by atoms with Gasteiger partial charge in [-0.1, -0.05) is 176 Å². The van der Waals surface area contributed by atoms with E-state index in [-0.39, 0.29) is 0 Å². The van der Waals surface area contributed by atoms with Crippen LogP contribution in [-0.2, 0) is 0 Å². The zero-order chi connectivity index (χ0) is 40.7. The molecule has 0 bridgehead atoms. The fraction of sp³-hybridized carbons (Fsp3) is 0. The van der Waals surface area contributed by atoms with Crippen LogP contribution >= 0.6 is 0 Å². The summed E-state index contributed by atoms with van der Waals surface area (Å²) in [6.07, 6.45) is 0. The molecule has 0 atom stereocenters. The van der Waals surface area contributed by atoms with Gasteiger partial charge in [-0.25, -0.2) is 15.0 Å². The lowest BCUT2D eigenvalue weighted by molar-refractivity contribution is 0.672. The standard InChI is InChI=1S/C57H34N4O/c1-3-16-35(17-4-1)38-26-15-27-46-47-33-32-45-44-24-11-13-28-50(44)61(52(45)54(47)62-53(38)46)51-29-14-12-25-48(51)57-59-55(36-18-5-2-6-19-36)58-56(60-57)37-30-31-43-41-22-8-7-20-39(41)40-21-9-10-23-42(40)49(43)34-37/h1-34H. The molecule has 62 heavy (non-hydrogen) atoms. The maximum Gasteiger partial charge on any atom is 0.166 e. The van der Waals surface area contributed by atoms with Crippen molar-refractivity contribution < 1.29 is 4.42 Å². The van der Waals surface area contributed by atoms with Crippen molar-refractivity contribution in [3.05, 3.63) is 206 Å². The number of nitrogens with zero attached hydrogens (tertiary/aromatic N) is 4. The van der Waals surface area contributed by atoms with Crippen LogP contribution in [0.2, 0.25) is 0 Å². The second kappa shape index (κ2) is 13.6. The summed E-state index contributed by atoms with van der Waals surface area (Å²) in [5.41, 5.74) is 9.63. The van der Waals surface area contributed by atoms with Crippen molar-refractivity contribution in [2.24, 2.45) is 0 Å². The molecule has 13 rings (SSSR count). The molecular weight excluding hydrogens is 757 g/mol. The van der Waals surface area contributed by atoms with E-state index in [0.29, 0.717) is 17.5 Å². The molecule has 0 aliphatic carbocycles. The maximum atomic E-state index is 7.07. The van der Waals surface area contributed by atoms with Gasteiger partial charge in [0.2, 0.25) is 0 Å². The molecule has 0 amide bonds. The van der Waals surface area contributed by atoms with E-state index in [9.17, 15) is 0 Å². The first-order valence-corrected chi connectivity index (χ1v) is 20.9. The zero-order valence-electron chi connectivity index (χ0n) is 33.3. The Kier molecular flexibility index (Phi) is 7.54. The molecule has 3 heterocycles. The van der Waals surface area contributed by atoms with Gasteiger partial charge in [0.25, 0.3) is 0 Å². The smallest absolute Gasteiger partial charge is 0.166 e. The molecule has 288 valence electrons. The quantitative estimate of drug-likeness (QED) is 0.163. The lowest BCUT2D eigenvalue weighted by atomic mass is 9.93. The maximum absolute atomic E-state index is 7.07. The van der Waals surface area contributed by atoms with Gasteiger partial charge in [0, 0.05) is 43.8 Å². The fourth-order valence-electron chi connectivity index (χ4n) is 9.65. The topological polar surface area (TPSA) is 56.7 Å². The Morgan fingerprint density at radius 3 is 1.55 bits per heavy atom. The highest BCUT2D eigenvalue weighted by Gasteiger charge is 2.23. The number of hydrogen-bond acceptors (Lipinski definition) is 4. The molecule has 0 unspecified atom stereocenters. The monoisotopic (exact) mass is 790 g/mol. The van der Waals surface area contributed by atoms with Crippen LogP contribution in [0.4, 0.5) is 0 Å². The molecule has 0 saturated heterocycles. The molecular formula is C57H34N4O. The van der Waals surface area contributed by atoms with Crippen molar-refractivity contribution in [1.82, 2.24) is 19.5 Å². The van der Waals surface area contributed by atoms with Gasteiger partial charge >= 0.3 is 0 Å². The molecule has 0 saturated carbocycles. The minimum Gasteiger partial charge on any atom is -0.453 e. The summed E-state index contributed by atoms with van der Waals surface area (Å²) in [6.45, 7) is 0. The van der Waals surface area contributed by atoms with Crippen LogP contribution in [0.5, 0.6) is 0 Å². The second-order valence-corrected chi connectivity index (χ2v) is 15.9. The molecule has 0 aliphatic rings.